The van der Waals surface area contributed by atoms with E-state index in [9.17, 15) is 0 Å². The molecule has 3 unspecified atom stereocenters. The number of alkyl halides is 1. The van der Waals surface area contributed by atoms with E-state index in [0.29, 0.717) is 4.83 Å². The third-order valence-electron chi connectivity index (χ3n) is 2.87. The van der Waals surface area contributed by atoms with Crippen molar-refractivity contribution in [2.45, 2.75) is 30.4 Å². The van der Waals surface area contributed by atoms with Crippen LogP contribution in [0.5, 0.6) is 5.75 Å². The topological polar surface area (TPSA) is 18.5 Å². The molecule has 0 N–H and O–H groups in total. The van der Waals surface area contributed by atoms with Gasteiger partial charge in [0.25, 0.3) is 0 Å². The Balaban J connectivity index is 2.04. The third kappa shape index (κ3) is 2.36. The van der Waals surface area contributed by atoms with Crippen molar-refractivity contribution in [3.8, 4) is 5.75 Å². The molecule has 0 spiro atoms. The van der Waals surface area contributed by atoms with Gasteiger partial charge in [-0.15, -0.1) is 0 Å². The van der Waals surface area contributed by atoms with Crippen molar-refractivity contribution in [1.29, 1.82) is 0 Å². The molecule has 1 aliphatic rings. The molecule has 0 aromatic heterocycles. The number of hydrogen-bond donors (Lipinski definition) is 0. The molecule has 0 bridgehead atoms. The maximum atomic E-state index is 5.90. The Kier molecular flexibility index (Phi) is 3.77. The molecule has 0 saturated heterocycles. The summed E-state index contributed by atoms with van der Waals surface area (Å²) < 4.78 is 11.2. The lowest BCUT2D eigenvalue weighted by Crippen LogP contribution is -2.51. The van der Waals surface area contributed by atoms with Gasteiger partial charge >= 0.3 is 0 Å². The zero-order valence-electron chi connectivity index (χ0n) is 9.24. The van der Waals surface area contributed by atoms with Crippen molar-refractivity contribution in [2.75, 3.05) is 7.11 Å². The van der Waals surface area contributed by atoms with Gasteiger partial charge in [-0.2, -0.15) is 0 Å². The van der Waals surface area contributed by atoms with Crippen molar-refractivity contribution >= 4 is 27.5 Å². The van der Waals surface area contributed by atoms with E-state index in [1.165, 1.54) is 0 Å². The zero-order chi connectivity index (χ0) is 11.7. The van der Waals surface area contributed by atoms with Crippen LogP contribution in [0.25, 0.3) is 0 Å². The largest absolute Gasteiger partial charge is 0.487 e. The molecule has 0 aliphatic heterocycles. The summed E-state index contributed by atoms with van der Waals surface area (Å²) in [6.45, 7) is 1.99. The standard InChI is InChI=1S/C12H14BrClO2/c1-7-5-8(14)3-4-10(7)16-11-6-9(13)12(11)15-2/h3-5,9,11-12H,6H2,1-2H3. The predicted octanol–water partition coefficient (Wildman–Crippen LogP) is 3.58. The molecular weight excluding hydrogens is 291 g/mol. The minimum atomic E-state index is 0.134. The number of hydrogen-bond acceptors (Lipinski definition) is 2. The first-order valence-electron chi connectivity index (χ1n) is 5.21. The van der Waals surface area contributed by atoms with Gasteiger partial charge in [0.05, 0.1) is 0 Å². The summed E-state index contributed by atoms with van der Waals surface area (Å²) in [5.41, 5.74) is 1.06. The highest BCUT2D eigenvalue weighted by molar-refractivity contribution is 9.09. The molecule has 1 fully saturated rings. The van der Waals surface area contributed by atoms with Crippen LogP contribution in [0, 0.1) is 6.92 Å². The fourth-order valence-corrected chi connectivity index (χ4v) is 3.00. The lowest BCUT2D eigenvalue weighted by atomic mass is 9.91. The highest BCUT2D eigenvalue weighted by atomic mass is 79.9. The van der Waals surface area contributed by atoms with Gasteiger partial charge in [-0.05, 0) is 30.7 Å². The summed E-state index contributed by atoms with van der Waals surface area (Å²) in [4.78, 5) is 0.398. The molecule has 3 atom stereocenters. The molecule has 2 nitrogen and oxygen atoms in total. The average Bonchev–Trinajstić information content (AvgIpc) is 2.21. The van der Waals surface area contributed by atoms with Gasteiger partial charge in [-0.1, -0.05) is 27.5 Å². The Labute approximate surface area is 109 Å². The first kappa shape index (κ1) is 12.2. The summed E-state index contributed by atoms with van der Waals surface area (Å²) in [5, 5.41) is 0.736. The van der Waals surface area contributed by atoms with Gasteiger partial charge in [-0.3, -0.25) is 0 Å². The number of aryl methyl sites for hydroxylation is 1. The molecule has 0 radical (unpaired) electrons. The second-order valence-electron chi connectivity index (χ2n) is 4.02. The Morgan fingerprint density at radius 1 is 1.44 bits per heavy atom. The molecule has 0 heterocycles. The molecule has 0 amide bonds. The Morgan fingerprint density at radius 3 is 2.75 bits per heavy atom. The monoisotopic (exact) mass is 304 g/mol. The number of rotatable bonds is 3. The molecule has 4 heteroatoms. The molecule has 1 aromatic carbocycles. The summed E-state index contributed by atoms with van der Waals surface area (Å²) in [5.74, 6) is 0.885. The molecular formula is C12H14BrClO2. The van der Waals surface area contributed by atoms with Crippen molar-refractivity contribution in [3.63, 3.8) is 0 Å². The van der Waals surface area contributed by atoms with E-state index in [4.69, 9.17) is 21.1 Å². The van der Waals surface area contributed by atoms with E-state index in [1.54, 1.807) is 7.11 Å². The smallest absolute Gasteiger partial charge is 0.127 e. The molecule has 16 heavy (non-hydrogen) atoms. The molecule has 1 saturated carbocycles. The van der Waals surface area contributed by atoms with E-state index < -0.39 is 0 Å². The highest BCUT2D eigenvalue weighted by Crippen LogP contribution is 2.35. The van der Waals surface area contributed by atoms with Gasteiger partial charge in [0.2, 0.25) is 0 Å². The normalized spacial score (nSPS) is 28.6. The van der Waals surface area contributed by atoms with Gasteiger partial charge in [0, 0.05) is 23.4 Å². The van der Waals surface area contributed by atoms with Crippen LogP contribution in [-0.4, -0.2) is 24.1 Å². The second kappa shape index (κ2) is 4.94. The first-order valence-corrected chi connectivity index (χ1v) is 6.51. The van der Waals surface area contributed by atoms with Crippen LogP contribution in [0.2, 0.25) is 5.02 Å². The van der Waals surface area contributed by atoms with Crippen LogP contribution in [0.3, 0.4) is 0 Å². The van der Waals surface area contributed by atoms with E-state index in [1.807, 2.05) is 25.1 Å². The predicted molar refractivity (Wildman–Crippen MR) is 68.7 cm³/mol. The SMILES string of the molecule is COC1C(Br)CC1Oc1ccc(Cl)cc1C. The minimum Gasteiger partial charge on any atom is -0.487 e. The quantitative estimate of drug-likeness (QED) is 0.795. The second-order valence-corrected chi connectivity index (χ2v) is 5.63. The van der Waals surface area contributed by atoms with Crippen molar-refractivity contribution in [2.24, 2.45) is 0 Å². The summed E-state index contributed by atoms with van der Waals surface area (Å²) in [6, 6.07) is 5.66. The van der Waals surface area contributed by atoms with Crippen LogP contribution < -0.4 is 4.74 Å². The fourth-order valence-electron chi connectivity index (χ4n) is 1.85. The third-order valence-corrected chi connectivity index (χ3v) is 4.00. The Hall–Kier alpha value is -0.250. The lowest BCUT2D eigenvalue weighted by Gasteiger charge is -2.40. The molecule has 2 rings (SSSR count). The van der Waals surface area contributed by atoms with Crippen LogP contribution in [-0.2, 0) is 4.74 Å². The zero-order valence-corrected chi connectivity index (χ0v) is 11.6. The van der Waals surface area contributed by atoms with E-state index in [-0.39, 0.29) is 12.2 Å². The van der Waals surface area contributed by atoms with E-state index >= 15 is 0 Å². The first-order chi connectivity index (χ1) is 7.61. The maximum Gasteiger partial charge on any atom is 0.127 e. The van der Waals surface area contributed by atoms with E-state index in [0.717, 1.165) is 22.8 Å². The molecule has 88 valence electrons. The van der Waals surface area contributed by atoms with Gasteiger partial charge in [0.1, 0.15) is 18.0 Å². The average molecular weight is 306 g/mol. The van der Waals surface area contributed by atoms with Crippen LogP contribution in [0.1, 0.15) is 12.0 Å². The Bertz CT molecular complexity index is 383. The van der Waals surface area contributed by atoms with E-state index in [2.05, 4.69) is 15.9 Å². The Morgan fingerprint density at radius 2 is 2.19 bits per heavy atom. The van der Waals surface area contributed by atoms with Gasteiger partial charge in [-0.25, -0.2) is 0 Å². The minimum absolute atomic E-state index is 0.134. The number of ether oxygens (including phenoxy) is 2. The fraction of sp³-hybridized carbons (Fsp3) is 0.500. The summed E-state index contributed by atoms with van der Waals surface area (Å²) >= 11 is 9.44. The van der Waals surface area contributed by atoms with Gasteiger partial charge < -0.3 is 9.47 Å². The number of benzene rings is 1. The molecule has 1 aromatic rings. The lowest BCUT2D eigenvalue weighted by molar-refractivity contribution is -0.0547. The number of halogens is 2. The highest BCUT2D eigenvalue weighted by Gasteiger charge is 2.41. The van der Waals surface area contributed by atoms with Crippen LogP contribution in [0.4, 0.5) is 0 Å². The van der Waals surface area contributed by atoms with Gasteiger partial charge in [0.15, 0.2) is 0 Å². The summed E-state index contributed by atoms with van der Waals surface area (Å²) in [7, 11) is 1.71. The summed E-state index contributed by atoms with van der Waals surface area (Å²) in [6.07, 6.45) is 1.24. The maximum absolute atomic E-state index is 5.90. The molecule has 1 aliphatic carbocycles. The number of methoxy groups -OCH3 is 1. The van der Waals surface area contributed by atoms with Crippen molar-refractivity contribution < 1.29 is 9.47 Å². The van der Waals surface area contributed by atoms with Crippen molar-refractivity contribution in [1.82, 2.24) is 0 Å². The van der Waals surface area contributed by atoms with Crippen molar-refractivity contribution in [3.05, 3.63) is 28.8 Å². The van der Waals surface area contributed by atoms with Crippen LogP contribution >= 0.6 is 27.5 Å². The van der Waals surface area contributed by atoms with Crippen LogP contribution in [0.15, 0.2) is 18.2 Å².